The number of amides is 1. The molecular formula is C18H22N4O2. The number of hydrogen-bond donors (Lipinski definition) is 0. The standard InChI is InChI=1S/C18H22N4O2/c1-15-5-7-16(8-6-15)24-14-18(23)22-11-3-10-21(12-13-22)17-4-2-9-19-20-17/h2,4-9H,3,10-14H2,1H3. The lowest BCUT2D eigenvalue weighted by atomic mass is 10.2. The molecule has 0 unspecified atom stereocenters. The fraction of sp³-hybridized carbons (Fsp3) is 0.389. The Morgan fingerprint density at radius 3 is 2.71 bits per heavy atom. The maximum absolute atomic E-state index is 12.4. The minimum atomic E-state index is 0.0246. The highest BCUT2D eigenvalue weighted by Gasteiger charge is 2.20. The average molecular weight is 326 g/mol. The van der Waals surface area contributed by atoms with Crippen LogP contribution in [0, 0.1) is 6.92 Å². The topological polar surface area (TPSA) is 58.6 Å². The van der Waals surface area contributed by atoms with Crippen LogP contribution in [0.1, 0.15) is 12.0 Å². The zero-order chi connectivity index (χ0) is 16.8. The molecule has 0 atom stereocenters. The van der Waals surface area contributed by atoms with Gasteiger partial charge in [-0.15, -0.1) is 5.10 Å². The van der Waals surface area contributed by atoms with Crippen molar-refractivity contribution in [3.05, 3.63) is 48.2 Å². The van der Waals surface area contributed by atoms with Gasteiger partial charge in [0.25, 0.3) is 5.91 Å². The maximum Gasteiger partial charge on any atom is 0.260 e. The second kappa shape index (κ2) is 7.77. The molecule has 1 saturated heterocycles. The first-order valence-electron chi connectivity index (χ1n) is 8.22. The quantitative estimate of drug-likeness (QED) is 0.859. The van der Waals surface area contributed by atoms with Crippen molar-refractivity contribution < 1.29 is 9.53 Å². The van der Waals surface area contributed by atoms with Gasteiger partial charge in [-0.05, 0) is 37.6 Å². The van der Waals surface area contributed by atoms with Gasteiger partial charge in [-0.25, -0.2) is 0 Å². The molecule has 0 aliphatic carbocycles. The molecule has 2 aromatic rings. The fourth-order valence-corrected chi connectivity index (χ4v) is 2.73. The van der Waals surface area contributed by atoms with E-state index in [1.54, 1.807) is 6.20 Å². The van der Waals surface area contributed by atoms with Gasteiger partial charge in [-0.1, -0.05) is 17.7 Å². The second-order valence-electron chi connectivity index (χ2n) is 5.90. The molecule has 1 aliphatic heterocycles. The third kappa shape index (κ3) is 4.22. The molecule has 126 valence electrons. The molecule has 6 heteroatoms. The van der Waals surface area contributed by atoms with E-state index >= 15 is 0 Å². The molecule has 1 aromatic carbocycles. The predicted molar refractivity (Wildman–Crippen MR) is 92.1 cm³/mol. The first-order chi connectivity index (χ1) is 11.7. The van der Waals surface area contributed by atoms with E-state index in [0.29, 0.717) is 6.54 Å². The van der Waals surface area contributed by atoms with Crippen molar-refractivity contribution in [2.45, 2.75) is 13.3 Å². The van der Waals surface area contributed by atoms with Crippen molar-refractivity contribution in [3.63, 3.8) is 0 Å². The summed E-state index contributed by atoms with van der Waals surface area (Å²) in [4.78, 5) is 16.4. The molecule has 3 rings (SSSR count). The normalized spacial score (nSPS) is 15.0. The van der Waals surface area contributed by atoms with Crippen LogP contribution in [0.4, 0.5) is 5.82 Å². The molecule has 0 spiro atoms. The fourth-order valence-electron chi connectivity index (χ4n) is 2.73. The van der Waals surface area contributed by atoms with Crippen LogP contribution in [0.25, 0.3) is 0 Å². The molecule has 0 N–H and O–H groups in total. The van der Waals surface area contributed by atoms with Crippen molar-refractivity contribution in [2.24, 2.45) is 0 Å². The molecular weight excluding hydrogens is 304 g/mol. The SMILES string of the molecule is Cc1ccc(OCC(=O)N2CCCN(c3cccnn3)CC2)cc1. The molecule has 1 aromatic heterocycles. The molecule has 24 heavy (non-hydrogen) atoms. The number of carbonyl (C=O) groups is 1. The number of benzene rings is 1. The van der Waals surface area contributed by atoms with Crippen LogP contribution in [0.2, 0.25) is 0 Å². The van der Waals surface area contributed by atoms with E-state index in [2.05, 4.69) is 15.1 Å². The molecule has 0 radical (unpaired) electrons. The maximum atomic E-state index is 12.4. The van der Waals surface area contributed by atoms with E-state index in [9.17, 15) is 4.79 Å². The van der Waals surface area contributed by atoms with Gasteiger partial charge in [0.2, 0.25) is 0 Å². The van der Waals surface area contributed by atoms with E-state index in [1.807, 2.05) is 48.2 Å². The lowest BCUT2D eigenvalue weighted by Crippen LogP contribution is -2.38. The van der Waals surface area contributed by atoms with Gasteiger partial charge in [-0.2, -0.15) is 5.10 Å². The lowest BCUT2D eigenvalue weighted by Gasteiger charge is -2.22. The van der Waals surface area contributed by atoms with Crippen LogP contribution in [0.3, 0.4) is 0 Å². The second-order valence-corrected chi connectivity index (χ2v) is 5.90. The van der Waals surface area contributed by atoms with Crippen LogP contribution in [0.5, 0.6) is 5.75 Å². The van der Waals surface area contributed by atoms with E-state index in [4.69, 9.17) is 4.74 Å². The number of aromatic nitrogens is 2. The summed E-state index contributed by atoms with van der Waals surface area (Å²) in [7, 11) is 0. The number of anilines is 1. The number of carbonyl (C=O) groups excluding carboxylic acids is 1. The monoisotopic (exact) mass is 326 g/mol. The van der Waals surface area contributed by atoms with E-state index < -0.39 is 0 Å². The summed E-state index contributed by atoms with van der Waals surface area (Å²) in [6, 6.07) is 11.6. The Morgan fingerprint density at radius 2 is 1.96 bits per heavy atom. The number of ether oxygens (including phenoxy) is 1. The lowest BCUT2D eigenvalue weighted by molar-refractivity contribution is -0.133. The van der Waals surface area contributed by atoms with E-state index in [0.717, 1.165) is 37.6 Å². The summed E-state index contributed by atoms with van der Waals surface area (Å²) in [5, 5.41) is 8.07. The van der Waals surface area contributed by atoms with Crippen molar-refractivity contribution in [3.8, 4) is 5.75 Å². The summed E-state index contributed by atoms with van der Waals surface area (Å²) in [5.74, 6) is 1.62. The Hall–Kier alpha value is -2.63. The predicted octanol–water partition coefficient (Wildman–Crippen LogP) is 1.90. The summed E-state index contributed by atoms with van der Waals surface area (Å²) in [5.41, 5.74) is 1.17. The first kappa shape index (κ1) is 16.2. The smallest absolute Gasteiger partial charge is 0.260 e. The molecule has 1 amide bonds. The molecule has 2 heterocycles. The zero-order valence-electron chi connectivity index (χ0n) is 13.9. The van der Waals surface area contributed by atoms with Gasteiger partial charge in [0.1, 0.15) is 5.75 Å². The minimum absolute atomic E-state index is 0.0246. The molecule has 1 aliphatic rings. The Labute approximate surface area is 142 Å². The summed E-state index contributed by atoms with van der Waals surface area (Å²) in [6.45, 7) is 5.15. The number of rotatable bonds is 4. The highest BCUT2D eigenvalue weighted by Crippen LogP contribution is 2.14. The van der Waals surface area contributed by atoms with Gasteiger partial charge in [0, 0.05) is 32.4 Å². The van der Waals surface area contributed by atoms with Gasteiger partial charge < -0.3 is 14.5 Å². The molecule has 0 bridgehead atoms. The Balaban J connectivity index is 1.52. The van der Waals surface area contributed by atoms with Gasteiger partial charge >= 0.3 is 0 Å². The highest BCUT2D eigenvalue weighted by molar-refractivity contribution is 5.77. The largest absolute Gasteiger partial charge is 0.484 e. The Kier molecular flexibility index (Phi) is 5.25. The summed E-state index contributed by atoms with van der Waals surface area (Å²) < 4.78 is 5.60. The highest BCUT2D eigenvalue weighted by atomic mass is 16.5. The van der Waals surface area contributed by atoms with Crippen molar-refractivity contribution in [2.75, 3.05) is 37.7 Å². The van der Waals surface area contributed by atoms with Crippen molar-refractivity contribution in [1.29, 1.82) is 0 Å². The molecule has 1 fully saturated rings. The van der Waals surface area contributed by atoms with E-state index in [1.165, 1.54) is 5.56 Å². The summed E-state index contributed by atoms with van der Waals surface area (Å²) in [6.07, 6.45) is 2.58. The number of hydrogen-bond acceptors (Lipinski definition) is 5. The van der Waals surface area contributed by atoms with Crippen molar-refractivity contribution >= 4 is 11.7 Å². The average Bonchev–Trinajstić information content (AvgIpc) is 2.88. The number of aryl methyl sites for hydroxylation is 1. The Morgan fingerprint density at radius 1 is 1.12 bits per heavy atom. The molecule has 0 saturated carbocycles. The Bertz CT molecular complexity index is 660. The van der Waals surface area contributed by atoms with Crippen LogP contribution < -0.4 is 9.64 Å². The van der Waals surface area contributed by atoms with Crippen LogP contribution in [-0.2, 0) is 4.79 Å². The van der Waals surface area contributed by atoms with Gasteiger partial charge in [0.15, 0.2) is 12.4 Å². The minimum Gasteiger partial charge on any atom is -0.484 e. The van der Waals surface area contributed by atoms with Crippen LogP contribution in [-0.4, -0.2) is 53.8 Å². The van der Waals surface area contributed by atoms with Gasteiger partial charge in [0.05, 0.1) is 0 Å². The zero-order valence-corrected chi connectivity index (χ0v) is 13.9. The van der Waals surface area contributed by atoms with Gasteiger partial charge in [-0.3, -0.25) is 4.79 Å². The van der Waals surface area contributed by atoms with Crippen LogP contribution in [0.15, 0.2) is 42.6 Å². The third-order valence-corrected chi connectivity index (χ3v) is 4.11. The first-order valence-corrected chi connectivity index (χ1v) is 8.22. The summed E-state index contributed by atoms with van der Waals surface area (Å²) >= 11 is 0. The van der Waals surface area contributed by atoms with Crippen LogP contribution >= 0.6 is 0 Å². The molecule has 6 nitrogen and oxygen atoms in total. The van der Waals surface area contributed by atoms with Crippen molar-refractivity contribution in [1.82, 2.24) is 15.1 Å². The number of nitrogens with zero attached hydrogens (tertiary/aromatic N) is 4. The van der Waals surface area contributed by atoms with E-state index in [-0.39, 0.29) is 12.5 Å². The third-order valence-electron chi connectivity index (χ3n) is 4.11.